The molecule has 0 bridgehead atoms. The van der Waals surface area contributed by atoms with Crippen LogP contribution in [-0.4, -0.2) is 33.5 Å². The normalized spacial score (nSPS) is 12.2. The Morgan fingerprint density at radius 3 is 2.60 bits per heavy atom. The number of esters is 1. The summed E-state index contributed by atoms with van der Waals surface area (Å²) in [6, 6.07) is 8.38. The van der Waals surface area contributed by atoms with Crippen LogP contribution in [0.25, 0.3) is 10.2 Å². The first-order valence-corrected chi connectivity index (χ1v) is 10.6. The number of Topliss-reactive ketones (excluding diaryl/α,β-unsaturated/α-hetero) is 1. The van der Waals surface area contributed by atoms with E-state index in [4.69, 9.17) is 4.74 Å². The van der Waals surface area contributed by atoms with Gasteiger partial charge < -0.3 is 10.1 Å². The quantitative estimate of drug-likeness (QED) is 0.444. The van der Waals surface area contributed by atoms with Crippen molar-refractivity contribution in [2.24, 2.45) is 5.92 Å². The summed E-state index contributed by atoms with van der Waals surface area (Å²) in [5, 5.41) is 8.13. The van der Waals surface area contributed by atoms with Crippen molar-refractivity contribution in [2.45, 2.75) is 47.3 Å². The number of amides is 1. The summed E-state index contributed by atoms with van der Waals surface area (Å²) in [7, 11) is 0. The Labute approximate surface area is 179 Å². The van der Waals surface area contributed by atoms with E-state index < -0.39 is 18.0 Å². The van der Waals surface area contributed by atoms with Gasteiger partial charge in [-0.05, 0) is 44.9 Å². The van der Waals surface area contributed by atoms with Crippen LogP contribution in [-0.2, 0) is 16.1 Å². The molecule has 0 aliphatic heterocycles. The minimum absolute atomic E-state index is 0.0957. The molecule has 1 unspecified atom stereocenters. The van der Waals surface area contributed by atoms with E-state index in [2.05, 4.69) is 24.3 Å². The molecular weight excluding hydrogens is 402 g/mol. The number of carbonyl (C=O) groups is 3. The van der Waals surface area contributed by atoms with Crippen molar-refractivity contribution in [3.05, 3.63) is 46.5 Å². The van der Waals surface area contributed by atoms with E-state index in [9.17, 15) is 14.4 Å². The van der Waals surface area contributed by atoms with Crippen molar-refractivity contribution in [1.82, 2.24) is 9.78 Å². The zero-order valence-electron chi connectivity index (χ0n) is 17.7. The SMILES string of the molecule is CC(=O)c1cccc(NC(=O)C(C)OC(=O)c2cc3c(C)nn(CC(C)C)c3s2)c1. The van der Waals surface area contributed by atoms with Crippen molar-refractivity contribution < 1.29 is 19.1 Å². The number of rotatable bonds is 7. The molecule has 3 rings (SSSR count). The van der Waals surface area contributed by atoms with Crippen LogP contribution in [0, 0.1) is 12.8 Å². The Balaban J connectivity index is 1.70. The summed E-state index contributed by atoms with van der Waals surface area (Å²) in [6.07, 6.45) is -0.989. The minimum Gasteiger partial charge on any atom is -0.448 e. The average Bonchev–Trinajstić information content (AvgIpc) is 3.23. The number of hydrogen-bond acceptors (Lipinski definition) is 6. The number of hydrogen-bond donors (Lipinski definition) is 1. The second-order valence-corrected chi connectivity index (χ2v) is 8.70. The van der Waals surface area contributed by atoms with Gasteiger partial charge in [-0.3, -0.25) is 14.3 Å². The van der Waals surface area contributed by atoms with E-state index in [0.29, 0.717) is 22.0 Å². The summed E-state index contributed by atoms with van der Waals surface area (Å²) < 4.78 is 7.28. The van der Waals surface area contributed by atoms with Gasteiger partial charge in [0.25, 0.3) is 5.91 Å². The first-order chi connectivity index (χ1) is 14.2. The zero-order chi connectivity index (χ0) is 22.0. The minimum atomic E-state index is -0.989. The number of thiophene rings is 1. The lowest BCUT2D eigenvalue weighted by atomic mass is 10.1. The van der Waals surface area contributed by atoms with Crippen molar-refractivity contribution >= 4 is 44.9 Å². The van der Waals surface area contributed by atoms with Gasteiger partial charge in [0.15, 0.2) is 11.9 Å². The summed E-state index contributed by atoms with van der Waals surface area (Å²) in [5.74, 6) is -0.684. The molecule has 0 fully saturated rings. The van der Waals surface area contributed by atoms with Gasteiger partial charge in [0.1, 0.15) is 9.71 Å². The monoisotopic (exact) mass is 427 g/mol. The van der Waals surface area contributed by atoms with Gasteiger partial charge in [0.2, 0.25) is 0 Å². The maximum absolute atomic E-state index is 12.6. The Morgan fingerprint density at radius 2 is 1.93 bits per heavy atom. The van der Waals surface area contributed by atoms with Crippen LogP contribution in [0.1, 0.15) is 53.4 Å². The van der Waals surface area contributed by atoms with Gasteiger partial charge in [0.05, 0.1) is 5.69 Å². The molecule has 0 saturated heterocycles. The number of ether oxygens (including phenoxy) is 1. The molecule has 158 valence electrons. The molecule has 1 N–H and O–H groups in total. The summed E-state index contributed by atoms with van der Waals surface area (Å²) in [6.45, 7) is 9.86. The number of nitrogens with zero attached hydrogens (tertiary/aromatic N) is 2. The Hall–Kier alpha value is -3.00. The van der Waals surface area contributed by atoms with E-state index >= 15 is 0 Å². The third-order valence-corrected chi connectivity index (χ3v) is 5.66. The second-order valence-electron chi connectivity index (χ2n) is 7.66. The zero-order valence-corrected chi connectivity index (χ0v) is 18.5. The highest BCUT2D eigenvalue weighted by Crippen LogP contribution is 2.29. The predicted octanol–water partition coefficient (Wildman–Crippen LogP) is 4.45. The molecule has 0 saturated carbocycles. The largest absolute Gasteiger partial charge is 0.448 e. The van der Waals surface area contributed by atoms with Crippen molar-refractivity contribution in [2.75, 3.05) is 5.32 Å². The number of aryl methyl sites for hydroxylation is 1. The van der Waals surface area contributed by atoms with Gasteiger partial charge in [-0.15, -0.1) is 11.3 Å². The number of nitrogens with one attached hydrogen (secondary N) is 1. The Morgan fingerprint density at radius 1 is 1.20 bits per heavy atom. The lowest BCUT2D eigenvalue weighted by molar-refractivity contribution is -0.123. The smallest absolute Gasteiger partial charge is 0.349 e. The molecule has 7 nitrogen and oxygen atoms in total. The van der Waals surface area contributed by atoms with Crippen LogP contribution in [0.15, 0.2) is 30.3 Å². The summed E-state index contributed by atoms with van der Waals surface area (Å²) >= 11 is 1.31. The van der Waals surface area contributed by atoms with Crippen LogP contribution in [0.4, 0.5) is 5.69 Å². The average molecular weight is 428 g/mol. The molecule has 1 aromatic carbocycles. The molecule has 0 aliphatic rings. The van der Waals surface area contributed by atoms with Gasteiger partial charge in [-0.2, -0.15) is 5.10 Å². The molecule has 1 atom stereocenters. The van der Waals surface area contributed by atoms with E-state index in [1.54, 1.807) is 30.3 Å². The molecule has 3 aromatic rings. The molecule has 0 aliphatic carbocycles. The van der Waals surface area contributed by atoms with Crippen LogP contribution < -0.4 is 5.32 Å². The molecule has 2 aromatic heterocycles. The van der Waals surface area contributed by atoms with Crippen molar-refractivity contribution in [3.8, 4) is 0 Å². The fourth-order valence-electron chi connectivity index (χ4n) is 3.01. The molecular formula is C22H25N3O4S. The van der Waals surface area contributed by atoms with Gasteiger partial charge in [0, 0.05) is 23.2 Å². The third kappa shape index (κ3) is 4.76. The van der Waals surface area contributed by atoms with Crippen LogP contribution in [0.2, 0.25) is 0 Å². The van der Waals surface area contributed by atoms with E-state index in [1.165, 1.54) is 25.2 Å². The lowest BCUT2D eigenvalue weighted by Gasteiger charge is -2.13. The van der Waals surface area contributed by atoms with E-state index in [-0.39, 0.29) is 5.78 Å². The van der Waals surface area contributed by atoms with Gasteiger partial charge in [-0.1, -0.05) is 26.0 Å². The molecule has 8 heteroatoms. The topological polar surface area (TPSA) is 90.3 Å². The van der Waals surface area contributed by atoms with Crippen LogP contribution in [0.5, 0.6) is 0 Å². The molecule has 0 spiro atoms. The third-order valence-electron chi connectivity index (χ3n) is 4.54. The highest BCUT2D eigenvalue weighted by Gasteiger charge is 2.22. The highest BCUT2D eigenvalue weighted by atomic mass is 32.1. The number of fused-ring (bicyclic) bond motifs is 1. The maximum atomic E-state index is 12.6. The fourth-order valence-corrected chi connectivity index (χ4v) is 4.07. The van der Waals surface area contributed by atoms with Crippen LogP contribution in [0.3, 0.4) is 0 Å². The molecule has 30 heavy (non-hydrogen) atoms. The standard InChI is InChI=1S/C22H25N3O4S/c1-12(2)11-25-21-18(13(3)24-25)10-19(30-21)22(28)29-15(5)20(27)23-17-8-6-7-16(9-17)14(4)26/h6-10,12,15H,11H2,1-5H3,(H,23,27). The Kier molecular flexibility index (Phi) is 6.36. The number of aromatic nitrogens is 2. The molecule has 1 amide bonds. The number of anilines is 1. The predicted molar refractivity (Wildman–Crippen MR) is 117 cm³/mol. The second kappa shape index (κ2) is 8.79. The number of carbonyl (C=O) groups excluding carboxylic acids is 3. The molecule has 0 radical (unpaired) electrons. The fraction of sp³-hybridized carbons (Fsp3) is 0.364. The maximum Gasteiger partial charge on any atom is 0.349 e. The first kappa shape index (κ1) is 21.7. The number of ketones is 1. The highest BCUT2D eigenvalue weighted by molar-refractivity contribution is 7.20. The number of benzene rings is 1. The van der Waals surface area contributed by atoms with Crippen molar-refractivity contribution in [3.63, 3.8) is 0 Å². The molecule has 2 heterocycles. The van der Waals surface area contributed by atoms with Gasteiger partial charge >= 0.3 is 5.97 Å². The van der Waals surface area contributed by atoms with E-state index in [1.807, 2.05) is 11.6 Å². The Bertz CT molecular complexity index is 1110. The van der Waals surface area contributed by atoms with Gasteiger partial charge in [-0.25, -0.2) is 4.79 Å². The summed E-state index contributed by atoms with van der Waals surface area (Å²) in [4.78, 5) is 37.9. The lowest BCUT2D eigenvalue weighted by Crippen LogP contribution is -2.29. The first-order valence-electron chi connectivity index (χ1n) is 9.75. The van der Waals surface area contributed by atoms with Crippen molar-refractivity contribution in [1.29, 1.82) is 0 Å². The summed E-state index contributed by atoms with van der Waals surface area (Å²) in [5.41, 5.74) is 1.83. The van der Waals surface area contributed by atoms with Crippen LogP contribution >= 0.6 is 11.3 Å². The van der Waals surface area contributed by atoms with E-state index in [0.717, 1.165) is 22.5 Å².